The van der Waals surface area contributed by atoms with E-state index in [0.717, 1.165) is 30.4 Å². The zero-order chi connectivity index (χ0) is 15.5. The largest absolute Gasteiger partial charge is 0.490 e. The Balaban J connectivity index is 0.00000441. The summed E-state index contributed by atoms with van der Waals surface area (Å²) in [5, 5.41) is 9.29. The summed E-state index contributed by atoms with van der Waals surface area (Å²) in [7, 11) is 1.42. The van der Waals surface area contributed by atoms with Crippen molar-refractivity contribution in [2.45, 2.75) is 51.9 Å². The lowest BCUT2D eigenvalue weighted by atomic mass is 9.97. The van der Waals surface area contributed by atoms with Crippen LogP contribution >= 0.6 is 0 Å². The number of hydrogen-bond acceptors (Lipinski definition) is 2. The van der Waals surface area contributed by atoms with E-state index in [1.54, 1.807) is 0 Å². The second-order valence-electron chi connectivity index (χ2n) is 5.20. The Morgan fingerprint density at radius 2 is 1.64 bits per heavy atom. The first-order chi connectivity index (χ1) is 10.2. The molecular weight excluding hydrogens is 280 g/mol. The van der Waals surface area contributed by atoms with Gasteiger partial charge in [-0.05, 0) is 18.4 Å². The maximum atomic E-state index is 11.3. The molecule has 0 aliphatic heterocycles. The molecule has 0 atom stereocenters. The lowest BCUT2D eigenvalue weighted by Crippen LogP contribution is -2.06. The highest BCUT2D eigenvalue weighted by molar-refractivity contribution is 5.94. The molecule has 0 unspecified atom stereocenters. The molecule has 4 nitrogen and oxygen atoms in total. The molecule has 0 aromatic heterocycles. The van der Waals surface area contributed by atoms with Crippen molar-refractivity contribution in [2.24, 2.45) is 0 Å². The number of hydrogen-bond donors (Lipinski definition) is 1. The minimum absolute atomic E-state index is 0. The van der Waals surface area contributed by atoms with Crippen LogP contribution in [0, 0.1) is 0 Å². The average Bonchev–Trinajstić information content (AvgIpc) is 2.50. The van der Waals surface area contributed by atoms with Crippen LogP contribution in [0.5, 0.6) is 0 Å². The highest BCUT2D eigenvalue weighted by atomic mass is 16.5. The number of unbranched alkanes of at least 4 members (excludes halogenated alkanes) is 5. The van der Waals surface area contributed by atoms with Crippen LogP contribution in [-0.4, -0.2) is 23.7 Å². The maximum Gasteiger partial charge on any atom is 0.371 e. The molecule has 4 heteroatoms. The van der Waals surface area contributed by atoms with Gasteiger partial charge < -0.3 is 15.3 Å². The molecule has 0 aliphatic rings. The van der Waals surface area contributed by atoms with Gasteiger partial charge in [0.2, 0.25) is 5.76 Å². The zero-order valence-electron chi connectivity index (χ0n) is 13.6. The van der Waals surface area contributed by atoms with Gasteiger partial charge in [-0.25, -0.2) is 4.79 Å². The molecule has 1 aromatic carbocycles. The molecule has 3 N–H and O–H groups in total. The molecule has 0 amide bonds. The minimum atomic E-state index is -0.998. The van der Waals surface area contributed by atoms with Crippen LogP contribution in [0.15, 0.2) is 36.1 Å². The Bertz CT molecular complexity index is 451. The van der Waals surface area contributed by atoms with Crippen molar-refractivity contribution in [3.63, 3.8) is 0 Å². The fourth-order valence-corrected chi connectivity index (χ4v) is 2.45. The summed E-state index contributed by atoms with van der Waals surface area (Å²) in [6.07, 6.45) is 7.86. The number of carboxylic acids is 1. The van der Waals surface area contributed by atoms with Crippen molar-refractivity contribution >= 4 is 11.5 Å². The highest BCUT2D eigenvalue weighted by Gasteiger charge is 2.16. The topological polar surface area (TPSA) is 78.0 Å². The zero-order valence-corrected chi connectivity index (χ0v) is 13.6. The lowest BCUT2D eigenvalue weighted by Gasteiger charge is -2.12. The van der Waals surface area contributed by atoms with Crippen molar-refractivity contribution < 1.29 is 20.1 Å². The van der Waals surface area contributed by atoms with Gasteiger partial charge in [0.1, 0.15) is 0 Å². The number of ether oxygens (including phenoxy) is 1. The molecule has 0 heterocycles. The number of benzene rings is 1. The first-order valence-corrected chi connectivity index (χ1v) is 7.76. The van der Waals surface area contributed by atoms with Gasteiger partial charge in [-0.3, -0.25) is 0 Å². The fourth-order valence-electron chi connectivity index (χ4n) is 2.45. The van der Waals surface area contributed by atoms with E-state index in [-0.39, 0.29) is 11.2 Å². The molecule has 1 rings (SSSR count). The van der Waals surface area contributed by atoms with Gasteiger partial charge >= 0.3 is 5.97 Å². The van der Waals surface area contributed by atoms with Crippen molar-refractivity contribution in [1.82, 2.24) is 0 Å². The number of methoxy groups -OCH3 is 1. The molecule has 0 fully saturated rings. The van der Waals surface area contributed by atoms with Crippen molar-refractivity contribution in [3.8, 4) is 0 Å². The second-order valence-corrected chi connectivity index (χ2v) is 5.20. The Labute approximate surface area is 133 Å². The summed E-state index contributed by atoms with van der Waals surface area (Å²) < 4.78 is 5.10. The smallest absolute Gasteiger partial charge is 0.371 e. The monoisotopic (exact) mass is 308 g/mol. The standard InChI is InChI=1S/C18H26O3.H2O/c1-3-4-5-6-7-11-14-16(17(21-2)18(19)20)15-12-9-8-10-13-15;/h8-10,12-13H,3-7,11,14H2,1-2H3,(H,19,20);1H2. The third-order valence-corrected chi connectivity index (χ3v) is 3.58. The summed E-state index contributed by atoms with van der Waals surface area (Å²) in [6.45, 7) is 2.20. The molecule has 0 radical (unpaired) electrons. The van der Waals surface area contributed by atoms with Crippen molar-refractivity contribution in [2.75, 3.05) is 7.11 Å². The SMILES string of the molecule is CCCCCCCCC(=C(OC)C(=O)O)c1ccccc1.O. The predicted molar refractivity (Wildman–Crippen MR) is 89.6 cm³/mol. The summed E-state index contributed by atoms with van der Waals surface area (Å²) in [5.41, 5.74) is 1.73. The van der Waals surface area contributed by atoms with Crippen molar-refractivity contribution in [1.29, 1.82) is 0 Å². The third kappa shape index (κ3) is 6.76. The number of rotatable bonds is 10. The van der Waals surface area contributed by atoms with E-state index >= 15 is 0 Å². The Morgan fingerprint density at radius 1 is 1.05 bits per heavy atom. The second kappa shape index (κ2) is 11.8. The summed E-state index contributed by atoms with van der Waals surface area (Å²) in [6, 6.07) is 9.65. The van der Waals surface area contributed by atoms with E-state index in [4.69, 9.17) is 4.74 Å². The maximum absolute atomic E-state index is 11.3. The number of carbonyl (C=O) groups is 1. The molecule has 0 bridgehead atoms. The number of allylic oxidation sites excluding steroid dienone is 1. The van der Waals surface area contributed by atoms with Crippen LogP contribution in [0.4, 0.5) is 0 Å². The van der Waals surface area contributed by atoms with E-state index in [1.165, 1.54) is 32.8 Å². The Hall–Kier alpha value is -1.81. The average molecular weight is 308 g/mol. The quantitative estimate of drug-likeness (QED) is 0.402. The van der Waals surface area contributed by atoms with Gasteiger partial charge in [0, 0.05) is 5.57 Å². The van der Waals surface area contributed by atoms with E-state index in [1.807, 2.05) is 30.3 Å². The van der Waals surface area contributed by atoms with Gasteiger partial charge in [-0.15, -0.1) is 0 Å². The molecule has 0 saturated carbocycles. The van der Waals surface area contributed by atoms with Gasteiger partial charge in [-0.1, -0.05) is 69.4 Å². The van der Waals surface area contributed by atoms with Gasteiger partial charge in [-0.2, -0.15) is 0 Å². The molecule has 124 valence electrons. The number of aliphatic carboxylic acids is 1. The summed E-state index contributed by atoms with van der Waals surface area (Å²) >= 11 is 0. The summed E-state index contributed by atoms with van der Waals surface area (Å²) in [4.78, 5) is 11.3. The Kier molecular flexibility index (Phi) is 10.8. The minimum Gasteiger partial charge on any atom is -0.490 e. The van der Waals surface area contributed by atoms with Crippen LogP contribution in [0.25, 0.3) is 5.57 Å². The molecule has 0 saturated heterocycles. The third-order valence-electron chi connectivity index (χ3n) is 3.58. The van der Waals surface area contributed by atoms with Gasteiger partial charge in [0.15, 0.2) is 0 Å². The van der Waals surface area contributed by atoms with Gasteiger partial charge in [0.25, 0.3) is 0 Å². The van der Waals surface area contributed by atoms with Crippen molar-refractivity contribution in [3.05, 3.63) is 41.7 Å². The van der Waals surface area contributed by atoms with E-state index in [9.17, 15) is 9.90 Å². The predicted octanol–water partition coefficient (Wildman–Crippen LogP) is 4.05. The first kappa shape index (κ1) is 20.2. The highest BCUT2D eigenvalue weighted by Crippen LogP contribution is 2.26. The van der Waals surface area contributed by atoms with E-state index in [2.05, 4.69) is 6.92 Å². The van der Waals surface area contributed by atoms with Crippen LogP contribution in [0.1, 0.15) is 57.4 Å². The van der Waals surface area contributed by atoms with E-state index in [0.29, 0.717) is 0 Å². The van der Waals surface area contributed by atoms with Crippen LogP contribution in [0.2, 0.25) is 0 Å². The Morgan fingerprint density at radius 3 is 2.18 bits per heavy atom. The van der Waals surface area contributed by atoms with Crippen LogP contribution in [0.3, 0.4) is 0 Å². The molecule has 1 aromatic rings. The first-order valence-electron chi connectivity index (χ1n) is 7.76. The van der Waals surface area contributed by atoms with Gasteiger partial charge in [0.05, 0.1) is 7.11 Å². The molecule has 22 heavy (non-hydrogen) atoms. The molecule has 0 aliphatic carbocycles. The lowest BCUT2D eigenvalue weighted by molar-refractivity contribution is -0.135. The normalized spacial score (nSPS) is 11.4. The van der Waals surface area contributed by atoms with E-state index < -0.39 is 5.97 Å². The molecular formula is C18H28O4. The number of carboxylic acid groups (broad SMARTS) is 1. The fraction of sp³-hybridized carbons (Fsp3) is 0.500. The van der Waals surface area contributed by atoms with Crippen LogP contribution < -0.4 is 0 Å². The summed E-state index contributed by atoms with van der Waals surface area (Å²) in [5.74, 6) is -0.933. The van der Waals surface area contributed by atoms with Crippen LogP contribution in [-0.2, 0) is 9.53 Å². The molecule has 0 spiro atoms.